The molecule has 1 aromatic carbocycles. The molecule has 108 valence electrons. The van der Waals surface area contributed by atoms with Gasteiger partial charge in [-0.25, -0.2) is 0 Å². The summed E-state index contributed by atoms with van der Waals surface area (Å²) in [5.41, 5.74) is -0.503. The molecule has 0 spiro atoms. The van der Waals surface area contributed by atoms with Crippen molar-refractivity contribution in [3.05, 3.63) is 48.5 Å². The highest BCUT2D eigenvalue weighted by molar-refractivity contribution is 9.10. The highest BCUT2D eigenvalue weighted by atomic mass is 79.9. The topological polar surface area (TPSA) is 12.0 Å². The number of thiophene rings is 1. The largest absolute Gasteiger partial charge is 0.417 e. The van der Waals surface area contributed by atoms with E-state index in [2.05, 4.69) is 21.2 Å². The average molecular weight is 405 g/mol. The lowest BCUT2D eigenvalue weighted by molar-refractivity contribution is -0.137. The fourth-order valence-corrected chi connectivity index (χ4v) is 3.48. The van der Waals surface area contributed by atoms with Gasteiger partial charge in [-0.05, 0) is 40.2 Å². The lowest BCUT2D eigenvalue weighted by Crippen LogP contribution is -2.07. The molecule has 0 bridgehead atoms. The predicted molar refractivity (Wildman–Crippen MR) is 80.8 cm³/mol. The third kappa shape index (κ3) is 3.81. The van der Waals surface area contributed by atoms with Crippen LogP contribution < -0.4 is 5.32 Å². The minimum atomic E-state index is -4.47. The zero-order valence-electron chi connectivity index (χ0n) is 9.69. The fourth-order valence-electron chi connectivity index (χ4n) is 1.52. The Hall–Kier alpha value is -0.430. The summed E-state index contributed by atoms with van der Waals surface area (Å²) in [7, 11) is 0. The molecule has 8 heteroatoms. The summed E-state index contributed by atoms with van der Waals surface area (Å²) in [6.45, 7) is 0.384. The van der Waals surface area contributed by atoms with Gasteiger partial charge in [0, 0.05) is 21.6 Å². The standard InChI is InChI=1S/C12H7BrCl2F3NS/c13-9-4-7(20-11(9)15)5-19-6-1-2-10(14)8(3-6)12(16,17)18/h1-4,19H,5H2. The number of alkyl halides is 3. The summed E-state index contributed by atoms with van der Waals surface area (Å²) in [6.07, 6.45) is -4.47. The van der Waals surface area contributed by atoms with E-state index in [1.807, 2.05) is 6.07 Å². The Morgan fingerprint density at radius 3 is 2.45 bits per heavy atom. The van der Waals surface area contributed by atoms with Crippen molar-refractivity contribution in [2.75, 3.05) is 5.32 Å². The van der Waals surface area contributed by atoms with E-state index in [0.717, 1.165) is 15.4 Å². The Morgan fingerprint density at radius 2 is 1.90 bits per heavy atom. The summed E-state index contributed by atoms with van der Waals surface area (Å²) in [5.74, 6) is 0. The highest BCUT2D eigenvalue weighted by Gasteiger charge is 2.33. The van der Waals surface area contributed by atoms with Crippen LogP contribution in [0.4, 0.5) is 18.9 Å². The lowest BCUT2D eigenvalue weighted by Gasteiger charge is -2.11. The molecule has 0 radical (unpaired) electrons. The van der Waals surface area contributed by atoms with Crippen molar-refractivity contribution in [3.8, 4) is 0 Å². The van der Waals surface area contributed by atoms with Crippen molar-refractivity contribution in [1.82, 2.24) is 0 Å². The molecule has 0 aliphatic rings. The van der Waals surface area contributed by atoms with E-state index < -0.39 is 11.7 Å². The lowest BCUT2D eigenvalue weighted by atomic mass is 10.2. The normalized spacial score (nSPS) is 11.7. The van der Waals surface area contributed by atoms with Crippen LogP contribution in [0.15, 0.2) is 28.7 Å². The third-order valence-corrected chi connectivity index (χ3v) is 5.24. The van der Waals surface area contributed by atoms with E-state index >= 15 is 0 Å². The molecule has 0 amide bonds. The van der Waals surface area contributed by atoms with Crippen LogP contribution >= 0.6 is 50.5 Å². The Bertz CT molecular complexity index is 608. The van der Waals surface area contributed by atoms with E-state index in [0.29, 0.717) is 16.6 Å². The summed E-state index contributed by atoms with van der Waals surface area (Å²) in [6, 6.07) is 5.54. The van der Waals surface area contributed by atoms with Gasteiger partial charge in [0.05, 0.1) is 10.6 Å². The zero-order chi connectivity index (χ0) is 14.9. The van der Waals surface area contributed by atoms with Crippen LogP contribution in [-0.4, -0.2) is 0 Å². The second-order valence-electron chi connectivity index (χ2n) is 3.88. The van der Waals surface area contributed by atoms with E-state index in [-0.39, 0.29) is 5.02 Å². The van der Waals surface area contributed by atoms with Gasteiger partial charge in [-0.3, -0.25) is 0 Å². The maximum Gasteiger partial charge on any atom is 0.417 e. The first-order chi connectivity index (χ1) is 9.27. The Kier molecular flexibility index (Phi) is 4.89. The molecule has 1 heterocycles. The van der Waals surface area contributed by atoms with E-state index in [1.165, 1.54) is 23.5 Å². The summed E-state index contributed by atoms with van der Waals surface area (Å²) < 4.78 is 39.5. The van der Waals surface area contributed by atoms with E-state index in [1.54, 1.807) is 0 Å². The van der Waals surface area contributed by atoms with Crippen LogP contribution in [0.25, 0.3) is 0 Å². The van der Waals surface area contributed by atoms with E-state index in [4.69, 9.17) is 23.2 Å². The number of nitrogens with one attached hydrogen (secondary N) is 1. The molecule has 0 aliphatic heterocycles. The van der Waals surface area contributed by atoms with Gasteiger partial charge in [0.1, 0.15) is 4.34 Å². The van der Waals surface area contributed by atoms with Gasteiger partial charge in [-0.2, -0.15) is 13.2 Å². The quantitative estimate of drug-likeness (QED) is 0.619. The van der Waals surface area contributed by atoms with Gasteiger partial charge in [0.2, 0.25) is 0 Å². The zero-order valence-corrected chi connectivity index (χ0v) is 13.6. The SMILES string of the molecule is FC(F)(F)c1cc(NCc2cc(Br)c(Cl)s2)ccc1Cl. The number of anilines is 1. The molecule has 0 atom stereocenters. The van der Waals surface area contributed by atoms with Crippen LogP contribution in [0, 0.1) is 0 Å². The smallest absolute Gasteiger partial charge is 0.380 e. The van der Waals surface area contributed by atoms with Crippen LogP contribution in [-0.2, 0) is 12.7 Å². The van der Waals surface area contributed by atoms with Crippen LogP contribution in [0.3, 0.4) is 0 Å². The number of halogens is 6. The minimum Gasteiger partial charge on any atom is -0.380 e. The molecule has 0 aliphatic carbocycles. The van der Waals surface area contributed by atoms with Gasteiger partial charge in [0.25, 0.3) is 0 Å². The summed E-state index contributed by atoms with van der Waals surface area (Å²) >= 11 is 16.1. The van der Waals surface area contributed by atoms with Crippen molar-refractivity contribution < 1.29 is 13.2 Å². The Morgan fingerprint density at radius 1 is 1.20 bits per heavy atom. The Labute approximate surface area is 135 Å². The first-order valence-electron chi connectivity index (χ1n) is 5.31. The molecule has 2 aromatic rings. The first kappa shape index (κ1) is 15.9. The molecule has 1 nitrogen and oxygen atoms in total. The molecule has 1 N–H and O–H groups in total. The van der Waals surface area contributed by atoms with Gasteiger partial charge in [0.15, 0.2) is 0 Å². The molecule has 2 rings (SSSR count). The highest BCUT2D eigenvalue weighted by Crippen LogP contribution is 2.36. The van der Waals surface area contributed by atoms with Gasteiger partial charge >= 0.3 is 6.18 Å². The average Bonchev–Trinajstić information content (AvgIpc) is 2.66. The molecule has 0 fully saturated rings. The van der Waals surface area contributed by atoms with Crippen LogP contribution in [0.5, 0.6) is 0 Å². The monoisotopic (exact) mass is 403 g/mol. The maximum absolute atomic E-state index is 12.7. The van der Waals surface area contributed by atoms with Crippen molar-refractivity contribution in [3.63, 3.8) is 0 Å². The molecule has 0 saturated heterocycles. The molecular weight excluding hydrogens is 398 g/mol. The Balaban J connectivity index is 2.14. The first-order valence-corrected chi connectivity index (χ1v) is 7.68. The van der Waals surface area contributed by atoms with Crippen molar-refractivity contribution in [2.24, 2.45) is 0 Å². The van der Waals surface area contributed by atoms with Crippen LogP contribution in [0.1, 0.15) is 10.4 Å². The predicted octanol–water partition coefficient (Wildman–Crippen LogP) is 6.45. The third-order valence-electron chi connectivity index (χ3n) is 2.43. The van der Waals surface area contributed by atoms with Crippen molar-refractivity contribution in [1.29, 1.82) is 0 Å². The second-order valence-corrected chi connectivity index (χ2v) is 6.88. The molecular formula is C12H7BrCl2F3NS. The van der Waals surface area contributed by atoms with Crippen molar-refractivity contribution in [2.45, 2.75) is 12.7 Å². The van der Waals surface area contributed by atoms with Gasteiger partial charge in [-0.15, -0.1) is 11.3 Å². The van der Waals surface area contributed by atoms with Crippen LogP contribution in [0.2, 0.25) is 9.36 Å². The molecule has 0 saturated carbocycles. The number of benzene rings is 1. The molecule has 0 unspecified atom stereocenters. The fraction of sp³-hybridized carbons (Fsp3) is 0.167. The van der Waals surface area contributed by atoms with Gasteiger partial charge < -0.3 is 5.32 Å². The summed E-state index contributed by atoms with van der Waals surface area (Å²) in [4.78, 5) is 0.908. The minimum absolute atomic E-state index is 0.315. The van der Waals surface area contributed by atoms with E-state index in [9.17, 15) is 13.2 Å². The second kappa shape index (κ2) is 6.13. The maximum atomic E-state index is 12.7. The molecule has 1 aromatic heterocycles. The molecule has 20 heavy (non-hydrogen) atoms. The number of hydrogen-bond acceptors (Lipinski definition) is 2. The van der Waals surface area contributed by atoms with Crippen molar-refractivity contribution >= 4 is 56.2 Å². The van der Waals surface area contributed by atoms with Gasteiger partial charge in [-0.1, -0.05) is 23.2 Å². The number of hydrogen-bond donors (Lipinski definition) is 1. The number of rotatable bonds is 3. The summed E-state index contributed by atoms with van der Waals surface area (Å²) in [5, 5.41) is 2.60.